The monoisotopic (exact) mass is 264 g/mol. The Balaban J connectivity index is 3.03. The first-order chi connectivity index (χ1) is 4.72. The van der Waals surface area contributed by atoms with Crippen LogP contribution in [0.25, 0.3) is 0 Å². The molecule has 0 saturated carbocycles. The van der Waals surface area contributed by atoms with Gasteiger partial charge < -0.3 is 5.11 Å². The average Bonchev–Trinajstić information content (AvgIpc) is 1.88. The van der Waals surface area contributed by atoms with Gasteiger partial charge in [0.15, 0.2) is 0 Å². The zero-order valence-corrected chi connectivity index (χ0v) is 8.26. The van der Waals surface area contributed by atoms with Crippen LogP contribution in [0.3, 0.4) is 0 Å². The second-order valence-corrected chi connectivity index (χ2v) is 4.92. The normalized spacial score (nSPS) is 10.3. The average molecular weight is 266 g/mol. The van der Waals surface area contributed by atoms with Gasteiger partial charge in [0.2, 0.25) is 0 Å². The van der Waals surface area contributed by atoms with E-state index in [1.165, 1.54) is 0 Å². The number of benzene rings is 1. The fourth-order valence-electron chi connectivity index (χ4n) is 0.672. The summed E-state index contributed by atoms with van der Waals surface area (Å²) in [5.74, 6) is 0.307. The third-order valence-corrected chi connectivity index (χ3v) is 2.16. The van der Waals surface area contributed by atoms with Crippen LogP contribution in [-0.2, 0) is 0 Å². The van der Waals surface area contributed by atoms with Gasteiger partial charge >= 0.3 is 0 Å². The summed E-state index contributed by atoms with van der Waals surface area (Å²) in [7, 11) is 0. The molecule has 10 heavy (non-hydrogen) atoms. The van der Waals surface area contributed by atoms with Gasteiger partial charge in [-0.25, -0.2) is 0 Å². The topological polar surface area (TPSA) is 20.2 Å². The summed E-state index contributed by atoms with van der Waals surface area (Å²) in [4.78, 5) is 0. The molecule has 54 valence electrons. The number of hydrogen-bond acceptors (Lipinski definition) is 1. The van der Waals surface area contributed by atoms with Crippen molar-refractivity contribution in [2.45, 2.75) is 3.74 Å². The molecule has 1 aromatic rings. The van der Waals surface area contributed by atoms with E-state index < -0.39 is 0 Å². The lowest BCUT2D eigenvalue weighted by Crippen LogP contribution is -1.79. The lowest BCUT2D eigenvalue weighted by Gasteiger charge is -2.02. The molecule has 0 spiro atoms. The molecule has 0 aromatic heterocycles. The minimum Gasteiger partial charge on any atom is -0.508 e. The molecule has 0 aliphatic carbocycles. The predicted molar refractivity (Wildman–Crippen MR) is 48.7 cm³/mol. The molecular formula is C7H6Br2O. The van der Waals surface area contributed by atoms with Gasteiger partial charge in [-0.15, -0.1) is 0 Å². The van der Waals surface area contributed by atoms with Gasteiger partial charge in [0, 0.05) is 5.56 Å². The maximum atomic E-state index is 9.22. The van der Waals surface area contributed by atoms with Crippen LogP contribution in [0.15, 0.2) is 24.3 Å². The van der Waals surface area contributed by atoms with Gasteiger partial charge in [-0.1, -0.05) is 50.1 Å². The molecule has 0 aliphatic heterocycles. The molecule has 1 aromatic carbocycles. The minimum absolute atomic E-state index is 0.0289. The highest BCUT2D eigenvalue weighted by Crippen LogP contribution is 2.34. The number of alkyl halides is 2. The predicted octanol–water partition coefficient (Wildman–Crippen LogP) is 3.18. The molecule has 0 heterocycles. The summed E-state index contributed by atoms with van der Waals surface area (Å²) >= 11 is 6.58. The van der Waals surface area contributed by atoms with Gasteiger partial charge in [-0.2, -0.15) is 0 Å². The maximum absolute atomic E-state index is 9.22. The first-order valence-corrected chi connectivity index (χ1v) is 4.61. The minimum atomic E-state index is 0.0289. The van der Waals surface area contributed by atoms with E-state index in [4.69, 9.17) is 0 Å². The van der Waals surface area contributed by atoms with E-state index in [9.17, 15) is 5.11 Å². The van der Waals surface area contributed by atoms with E-state index in [-0.39, 0.29) is 3.74 Å². The van der Waals surface area contributed by atoms with Crippen molar-refractivity contribution in [3.8, 4) is 5.75 Å². The molecule has 1 nitrogen and oxygen atoms in total. The Morgan fingerprint density at radius 2 is 1.80 bits per heavy atom. The van der Waals surface area contributed by atoms with Crippen LogP contribution in [-0.4, -0.2) is 5.11 Å². The largest absolute Gasteiger partial charge is 0.508 e. The summed E-state index contributed by atoms with van der Waals surface area (Å²) in [5.41, 5.74) is 0.850. The van der Waals surface area contributed by atoms with Crippen LogP contribution >= 0.6 is 31.9 Å². The molecule has 3 heteroatoms. The maximum Gasteiger partial charge on any atom is 0.120 e. The zero-order chi connectivity index (χ0) is 7.56. The van der Waals surface area contributed by atoms with Crippen LogP contribution < -0.4 is 0 Å². The molecule has 0 bridgehead atoms. The van der Waals surface area contributed by atoms with Gasteiger partial charge in [0.25, 0.3) is 0 Å². The van der Waals surface area contributed by atoms with E-state index in [1.54, 1.807) is 12.1 Å². The van der Waals surface area contributed by atoms with E-state index in [1.807, 2.05) is 12.1 Å². The van der Waals surface area contributed by atoms with Crippen molar-refractivity contribution in [1.29, 1.82) is 0 Å². The number of phenolic OH excluding ortho intramolecular Hbond substituents is 1. The molecular weight excluding hydrogens is 260 g/mol. The Morgan fingerprint density at radius 1 is 1.20 bits per heavy atom. The summed E-state index contributed by atoms with van der Waals surface area (Å²) in [6.45, 7) is 0. The second kappa shape index (κ2) is 3.39. The lowest BCUT2D eigenvalue weighted by molar-refractivity contribution is 0.470. The molecule has 0 atom stereocenters. The molecule has 0 unspecified atom stereocenters. The van der Waals surface area contributed by atoms with Crippen LogP contribution in [0, 0.1) is 0 Å². The Labute approximate surface area is 76.3 Å². The quantitative estimate of drug-likeness (QED) is 0.774. The third-order valence-electron chi connectivity index (χ3n) is 1.17. The highest BCUT2D eigenvalue weighted by Gasteiger charge is 2.05. The zero-order valence-electron chi connectivity index (χ0n) is 5.09. The van der Waals surface area contributed by atoms with Crippen molar-refractivity contribution in [3.05, 3.63) is 29.8 Å². The SMILES string of the molecule is Oc1ccccc1C(Br)Br. The summed E-state index contributed by atoms with van der Waals surface area (Å²) in [6.07, 6.45) is 0. The van der Waals surface area contributed by atoms with Crippen LogP contribution in [0.2, 0.25) is 0 Å². The molecule has 0 radical (unpaired) electrons. The van der Waals surface area contributed by atoms with Gasteiger partial charge in [0.1, 0.15) is 5.75 Å². The smallest absolute Gasteiger partial charge is 0.120 e. The van der Waals surface area contributed by atoms with Gasteiger partial charge in [-0.3, -0.25) is 0 Å². The van der Waals surface area contributed by atoms with Crippen molar-refractivity contribution < 1.29 is 5.11 Å². The molecule has 1 N–H and O–H groups in total. The Bertz CT molecular complexity index is 223. The Hall–Kier alpha value is -0.0200. The second-order valence-electron chi connectivity index (χ2n) is 1.86. The van der Waals surface area contributed by atoms with Crippen LogP contribution in [0.5, 0.6) is 5.75 Å². The third kappa shape index (κ3) is 1.73. The number of para-hydroxylation sites is 1. The molecule has 0 fully saturated rings. The van der Waals surface area contributed by atoms with E-state index >= 15 is 0 Å². The number of rotatable bonds is 1. The van der Waals surface area contributed by atoms with Crippen LogP contribution in [0.1, 0.15) is 9.30 Å². The molecule has 1 rings (SSSR count). The van der Waals surface area contributed by atoms with Crippen molar-refractivity contribution in [1.82, 2.24) is 0 Å². The molecule has 0 aliphatic rings. The number of phenols is 1. The van der Waals surface area contributed by atoms with Crippen molar-refractivity contribution in [3.63, 3.8) is 0 Å². The Kier molecular flexibility index (Phi) is 2.74. The van der Waals surface area contributed by atoms with E-state index in [0.29, 0.717) is 5.75 Å². The fraction of sp³-hybridized carbons (Fsp3) is 0.143. The molecule has 0 amide bonds. The van der Waals surface area contributed by atoms with Gasteiger partial charge in [-0.05, 0) is 6.07 Å². The first kappa shape index (κ1) is 8.08. The standard InChI is InChI=1S/C7H6Br2O/c8-7(9)5-3-1-2-4-6(5)10/h1-4,7,10H. The summed E-state index contributed by atoms with van der Waals surface area (Å²) in [5, 5.41) is 9.22. The first-order valence-electron chi connectivity index (χ1n) is 2.78. The highest BCUT2D eigenvalue weighted by molar-refractivity contribution is 9.24. The van der Waals surface area contributed by atoms with Crippen molar-refractivity contribution in [2.24, 2.45) is 0 Å². The Morgan fingerprint density at radius 3 is 2.20 bits per heavy atom. The fourth-order valence-corrected chi connectivity index (χ4v) is 1.45. The number of halogens is 2. The lowest BCUT2D eigenvalue weighted by atomic mass is 10.2. The number of hydrogen-bond donors (Lipinski definition) is 1. The van der Waals surface area contributed by atoms with E-state index in [0.717, 1.165) is 5.56 Å². The summed E-state index contributed by atoms with van der Waals surface area (Å²) in [6, 6.07) is 7.18. The molecule has 0 saturated heterocycles. The summed E-state index contributed by atoms with van der Waals surface area (Å²) < 4.78 is 0.0289. The number of aromatic hydroxyl groups is 1. The highest BCUT2D eigenvalue weighted by atomic mass is 79.9. The van der Waals surface area contributed by atoms with Crippen molar-refractivity contribution >= 4 is 31.9 Å². The van der Waals surface area contributed by atoms with E-state index in [2.05, 4.69) is 31.9 Å². The van der Waals surface area contributed by atoms with Crippen LogP contribution in [0.4, 0.5) is 0 Å². The van der Waals surface area contributed by atoms with Crippen molar-refractivity contribution in [2.75, 3.05) is 0 Å². The van der Waals surface area contributed by atoms with Gasteiger partial charge in [0.05, 0.1) is 3.74 Å².